The first-order valence-corrected chi connectivity index (χ1v) is 8.35. The molecule has 2 aromatic rings. The standard InChI is InChI=1S/C21H19ClO3/c1-21(2)12-11-17-19(24-3)10-8-16(20(17)25-21)18(23)9-7-14-5-4-6-15(22)13-14/h4-13H,1-3H3. The maximum absolute atomic E-state index is 12.7. The lowest BCUT2D eigenvalue weighted by Gasteiger charge is -2.29. The van der Waals surface area contributed by atoms with Crippen LogP contribution >= 0.6 is 11.6 Å². The Morgan fingerprint density at radius 1 is 1.24 bits per heavy atom. The molecule has 4 heteroatoms. The second-order valence-electron chi connectivity index (χ2n) is 6.35. The largest absolute Gasteiger partial charge is 0.496 e. The first-order chi connectivity index (χ1) is 11.9. The van der Waals surface area contributed by atoms with Crippen LogP contribution < -0.4 is 9.47 Å². The number of methoxy groups -OCH3 is 1. The summed E-state index contributed by atoms with van der Waals surface area (Å²) in [6, 6.07) is 10.8. The number of carbonyl (C=O) groups is 1. The summed E-state index contributed by atoms with van der Waals surface area (Å²) in [7, 11) is 1.60. The van der Waals surface area contributed by atoms with E-state index in [1.54, 1.807) is 37.5 Å². The minimum Gasteiger partial charge on any atom is -0.496 e. The van der Waals surface area contributed by atoms with Gasteiger partial charge in [-0.2, -0.15) is 0 Å². The number of benzene rings is 2. The van der Waals surface area contributed by atoms with Gasteiger partial charge in [0.1, 0.15) is 17.1 Å². The number of ketones is 1. The minimum absolute atomic E-state index is 0.134. The van der Waals surface area contributed by atoms with Crippen molar-refractivity contribution in [3.63, 3.8) is 0 Å². The molecule has 0 unspecified atom stereocenters. The number of fused-ring (bicyclic) bond motifs is 1. The first-order valence-electron chi connectivity index (χ1n) is 7.97. The van der Waals surface area contributed by atoms with Crippen molar-refractivity contribution < 1.29 is 14.3 Å². The predicted molar refractivity (Wildman–Crippen MR) is 102 cm³/mol. The molecule has 0 fully saturated rings. The lowest BCUT2D eigenvalue weighted by Crippen LogP contribution is -2.28. The molecule has 0 spiro atoms. The van der Waals surface area contributed by atoms with Crippen LogP contribution in [-0.2, 0) is 0 Å². The van der Waals surface area contributed by atoms with E-state index in [4.69, 9.17) is 21.1 Å². The molecule has 128 valence electrons. The van der Waals surface area contributed by atoms with E-state index in [0.717, 1.165) is 11.1 Å². The molecule has 0 atom stereocenters. The molecule has 25 heavy (non-hydrogen) atoms. The Morgan fingerprint density at radius 2 is 2.04 bits per heavy atom. The smallest absolute Gasteiger partial charge is 0.189 e. The SMILES string of the molecule is COc1ccc(C(=O)C=Cc2cccc(Cl)c2)c2c1C=CC(C)(C)O2. The second kappa shape index (κ2) is 6.77. The van der Waals surface area contributed by atoms with Crippen LogP contribution in [0.5, 0.6) is 11.5 Å². The zero-order chi connectivity index (χ0) is 18.0. The molecule has 3 rings (SSSR count). The zero-order valence-electron chi connectivity index (χ0n) is 14.4. The van der Waals surface area contributed by atoms with Crippen LogP contribution in [0.3, 0.4) is 0 Å². The average molecular weight is 355 g/mol. The Kier molecular flexibility index (Phi) is 4.69. The number of rotatable bonds is 4. The highest BCUT2D eigenvalue weighted by Gasteiger charge is 2.27. The molecule has 0 radical (unpaired) electrons. The minimum atomic E-state index is -0.481. The summed E-state index contributed by atoms with van der Waals surface area (Å²) >= 11 is 5.98. The van der Waals surface area contributed by atoms with Crippen LogP contribution in [0.15, 0.2) is 48.6 Å². The zero-order valence-corrected chi connectivity index (χ0v) is 15.1. The van der Waals surface area contributed by atoms with Crippen molar-refractivity contribution in [1.82, 2.24) is 0 Å². The molecule has 3 nitrogen and oxygen atoms in total. The third-order valence-corrected chi connectivity index (χ3v) is 4.17. The number of allylic oxidation sites excluding steroid dienone is 1. The molecule has 0 aromatic heterocycles. The molecule has 0 saturated carbocycles. The van der Waals surface area contributed by atoms with E-state index in [1.807, 2.05) is 38.1 Å². The fourth-order valence-corrected chi connectivity index (χ4v) is 2.87. The quantitative estimate of drug-likeness (QED) is 0.542. The number of halogens is 1. The monoisotopic (exact) mass is 354 g/mol. The third-order valence-electron chi connectivity index (χ3n) is 3.93. The van der Waals surface area contributed by atoms with Crippen molar-refractivity contribution in [2.75, 3.05) is 7.11 Å². The fraction of sp³-hybridized carbons (Fsp3) is 0.190. The maximum atomic E-state index is 12.7. The van der Waals surface area contributed by atoms with Gasteiger partial charge in [-0.05, 0) is 61.9 Å². The van der Waals surface area contributed by atoms with Crippen molar-refractivity contribution in [1.29, 1.82) is 0 Å². The van der Waals surface area contributed by atoms with Crippen molar-refractivity contribution in [2.24, 2.45) is 0 Å². The third kappa shape index (κ3) is 3.77. The van der Waals surface area contributed by atoms with Gasteiger partial charge in [-0.25, -0.2) is 0 Å². The topological polar surface area (TPSA) is 35.5 Å². The second-order valence-corrected chi connectivity index (χ2v) is 6.79. The number of hydrogen-bond acceptors (Lipinski definition) is 3. The van der Waals surface area contributed by atoms with Crippen molar-refractivity contribution >= 4 is 29.5 Å². The average Bonchev–Trinajstić information content (AvgIpc) is 2.58. The van der Waals surface area contributed by atoms with E-state index >= 15 is 0 Å². The molecule has 0 N–H and O–H groups in total. The summed E-state index contributed by atoms with van der Waals surface area (Å²) < 4.78 is 11.4. The molecule has 0 saturated heterocycles. The van der Waals surface area contributed by atoms with Crippen LogP contribution in [0.1, 0.15) is 35.3 Å². The van der Waals surface area contributed by atoms with Crippen LogP contribution in [-0.4, -0.2) is 18.5 Å². The normalized spacial score (nSPS) is 14.9. The van der Waals surface area contributed by atoms with Gasteiger partial charge in [0.25, 0.3) is 0 Å². The lowest BCUT2D eigenvalue weighted by atomic mass is 9.97. The maximum Gasteiger partial charge on any atom is 0.189 e. The van der Waals surface area contributed by atoms with Gasteiger partial charge in [0.05, 0.1) is 18.2 Å². The number of carbonyl (C=O) groups excluding carboxylic acids is 1. The van der Waals surface area contributed by atoms with Crippen LogP contribution in [0.25, 0.3) is 12.2 Å². The van der Waals surface area contributed by atoms with Gasteiger partial charge in [0, 0.05) is 5.02 Å². The number of hydrogen-bond donors (Lipinski definition) is 0. The summed E-state index contributed by atoms with van der Waals surface area (Å²) in [5.74, 6) is 1.09. The lowest BCUT2D eigenvalue weighted by molar-refractivity contribution is 0.103. The molecule has 1 aliphatic rings. The molecule has 0 aliphatic carbocycles. The van der Waals surface area contributed by atoms with Gasteiger partial charge < -0.3 is 9.47 Å². The molecular weight excluding hydrogens is 336 g/mol. The summed E-state index contributed by atoms with van der Waals surface area (Å²) in [6.07, 6.45) is 7.17. The van der Waals surface area contributed by atoms with Gasteiger partial charge in [-0.1, -0.05) is 29.8 Å². The van der Waals surface area contributed by atoms with Gasteiger partial charge in [-0.15, -0.1) is 0 Å². The van der Waals surface area contributed by atoms with Crippen molar-refractivity contribution in [3.8, 4) is 11.5 Å². The number of ether oxygens (including phenoxy) is 2. The van der Waals surface area contributed by atoms with Crippen molar-refractivity contribution in [2.45, 2.75) is 19.4 Å². The van der Waals surface area contributed by atoms with Gasteiger partial charge >= 0.3 is 0 Å². The summed E-state index contributed by atoms with van der Waals surface area (Å²) in [5, 5.41) is 0.631. The Hall–Kier alpha value is -2.52. The van der Waals surface area contributed by atoms with E-state index in [1.165, 1.54) is 6.08 Å². The van der Waals surface area contributed by atoms with Gasteiger partial charge in [-0.3, -0.25) is 4.79 Å². The van der Waals surface area contributed by atoms with E-state index in [9.17, 15) is 4.79 Å². The molecule has 0 amide bonds. The molecule has 2 aromatic carbocycles. The Bertz CT molecular complexity index is 879. The van der Waals surface area contributed by atoms with E-state index < -0.39 is 5.60 Å². The highest BCUT2D eigenvalue weighted by atomic mass is 35.5. The predicted octanol–water partition coefficient (Wildman–Crippen LogP) is 5.43. The van der Waals surface area contributed by atoms with E-state index in [-0.39, 0.29) is 5.78 Å². The van der Waals surface area contributed by atoms with Crippen LogP contribution in [0.4, 0.5) is 0 Å². The molecule has 1 aliphatic heterocycles. The Labute approximate surface area is 152 Å². The van der Waals surface area contributed by atoms with Crippen LogP contribution in [0.2, 0.25) is 5.02 Å². The Morgan fingerprint density at radius 3 is 2.76 bits per heavy atom. The van der Waals surface area contributed by atoms with E-state index in [2.05, 4.69) is 0 Å². The molecule has 0 bridgehead atoms. The van der Waals surface area contributed by atoms with Crippen molar-refractivity contribution in [3.05, 3.63) is 70.3 Å². The van der Waals surface area contributed by atoms with Crippen LogP contribution in [0, 0.1) is 0 Å². The first kappa shape index (κ1) is 17.3. The van der Waals surface area contributed by atoms with E-state index in [0.29, 0.717) is 22.1 Å². The summed E-state index contributed by atoms with van der Waals surface area (Å²) in [4.78, 5) is 12.7. The summed E-state index contributed by atoms with van der Waals surface area (Å²) in [5.41, 5.74) is 1.67. The highest BCUT2D eigenvalue weighted by Crippen LogP contribution is 2.39. The fourth-order valence-electron chi connectivity index (χ4n) is 2.67. The van der Waals surface area contributed by atoms with Gasteiger partial charge in [0.15, 0.2) is 5.78 Å². The van der Waals surface area contributed by atoms with Gasteiger partial charge in [0.2, 0.25) is 0 Å². The molecule has 1 heterocycles. The highest BCUT2D eigenvalue weighted by molar-refractivity contribution is 6.30. The Balaban J connectivity index is 1.97. The summed E-state index contributed by atoms with van der Waals surface area (Å²) in [6.45, 7) is 3.89. The molecular formula is C21H19ClO3.